The number of aromatic nitrogens is 1. The Bertz CT molecular complexity index is 382. The second-order valence-electron chi connectivity index (χ2n) is 4.22. The molecule has 0 bridgehead atoms. The maximum atomic E-state index is 5.96. The minimum absolute atomic E-state index is 0.0567. The van der Waals surface area contributed by atoms with Crippen LogP contribution < -0.4 is 17.2 Å². The van der Waals surface area contributed by atoms with Crippen LogP contribution in [0.3, 0.4) is 0 Å². The lowest BCUT2D eigenvalue weighted by atomic mass is 9.84. The van der Waals surface area contributed by atoms with Crippen molar-refractivity contribution in [3.8, 4) is 0 Å². The molecular formula is C10H17N5S. The first-order chi connectivity index (χ1) is 7.65. The monoisotopic (exact) mass is 239 g/mol. The van der Waals surface area contributed by atoms with Crippen molar-refractivity contribution in [3.05, 3.63) is 11.1 Å². The highest BCUT2D eigenvalue weighted by Gasteiger charge is 2.22. The number of rotatable bonds is 2. The minimum atomic E-state index is 0.0567. The molecule has 6 heteroatoms. The van der Waals surface area contributed by atoms with Gasteiger partial charge in [0.15, 0.2) is 5.96 Å². The second-order valence-corrected chi connectivity index (χ2v) is 5.05. The summed E-state index contributed by atoms with van der Waals surface area (Å²) >= 11 is 1.47. The van der Waals surface area contributed by atoms with E-state index in [2.05, 4.69) is 9.98 Å². The zero-order chi connectivity index (χ0) is 11.5. The third kappa shape index (κ3) is 2.70. The van der Waals surface area contributed by atoms with Gasteiger partial charge in [-0.1, -0.05) is 6.42 Å². The van der Waals surface area contributed by atoms with Crippen LogP contribution >= 0.6 is 11.3 Å². The van der Waals surface area contributed by atoms with Gasteiger partial charge in [0, 0.05) is 17.3 Å². The Hall–Kier alpha value is -1.14. The van der Waals surface area contributed by atoms with Crippen LogP contribution in [0.4, 0.5) is 5.13 Å². The summed E-state index contributed by atoms with van der Waals surface area (Å²) < 4.78 is 0. The first-order valence-corrected chi connectivity index (χ1v) is 6.33. The highest BCUT2D eigenvalue weighted by molar-refractivity contribution is 7.13. The number of guanidine groups is 1. The molecule has 0 radical (unpaired) electrons. The van der Waals surface area contributed by atoms with Gasteiger partial charge in [0.05, 0.1) is 5.69 Å². The Morgan fingerprint density at radius 1 is 1.44 bits per heavy atom. The van der Waals surface area contributed by atoms with Gasteiger partial charge in [-0.15, -0.1) is 11.3 Å². The van der Waals surface area contributed by atoms with Crippen molar-refractivity contribution in [2.45, 2.75) is 37.6 Å². The molecule has 1 aromatic heterocycles. The number of hydrogen-bond donors (Lipinski definition) is 3. The lowest BCUT2D eigenvalue weighted by Gasteiger charge is -2.25. The largest absolute Gasteiger partial charge is 0.370 e. The van der Waals surface area contributed by atoms with Crippen LogP contribution in [-0.2, 0) is 0 Å². The van der Waals surface area contributed by atoms with Gasteiger partial charge in [-0.25, -0.2) is 4.98 Å². The van der Waals surface area contributed by atoms with Crippen LogP contribution in [0, 0.1) is 0 Å². The summed E-state index contributed by atoms with van der Waals surface area (Å²) in [6.45, 7) is 0. The number of nitrogens with zero attached hydrogens (tertiary/aromatic N) is 2. The van der Waals surface area contributed by atoms with Gasteiger partial charge in [0.1, 0.15) is 0 Å². The Morgan fingerprint density at radius 2 is 2.25 bits per heavy atom. The summed E-state index contributed by atoms with van der Waals surface area (Å²) in [6.07, 6.45) is 4.49. The predicted molar refractivity (Wildman–Crippen MR) is 66.8 cm³/mol. The van der Waals surface area contributed by atoms with Gasteiger partial charge in [-0.05, 0) is 19.3 Å². The van der Waals surface area contributed by atoms with E-state index in [0.29, 0.717) is 17.1 Å². The molecule has 6 N–H and O–H groups in total. The highest BCUT2D eigenvalue weighted by atomic mass is 32.1. The quantitative estimate of drug-likeness (QED) is 0.529. The van der Waals surface area contributed by atoms with E-state index in [-0.39, 0.29) is 5.96 Å². The summed E-state index contributed by atoms with van der Waals surface area (Å²) in [5, 5.41) is 2.67. The van der Waals surface area contributed by atoms with Gasteiger partial charge in [-0.2, -0.15) is 4.99 Å². The molecule has 2 unspecified atom stereocenters. The van der Waals surface area contributed by atoms with Crippen LogP contribution in [0.5, 0.6) is 0 Å². The van der Waals surface area contributed by atoms with Gasteiger partial charge in [0.2, 0.25) is 5.13 Å². The molecule has 0 saturated heterocycles. The fourth-order valence-corrected chi connectivity index (χ4v) is 2.91. The highest BCUT2D eigenvalue weighted by Crippen LogP contribution is 2.34. The Labute approximate surface area is 98.8 Å². The van der Waals surface area contributed by atoms with Gasteiger partial charge >= 0.3 is 0 Å². The molecule has 2 rings (SSSR count). The summed E-state index contributed by atoms with van der Waals surface area (Å²) in [7, 11) is 0. The molecule has 1 aliphatic rings. The summed E-state index contributed by atoms with van der Waals surface area (Å²) in [5.74, 6) is 0.532. The molecule has 0 aliphatic heterocycles. The van der Waals surface area contributed by atoms with Crippen LogP contribution in [0.15, 0.2) is 10.4 Å². The molecule has 5 nitrogen and oxygen atoms in total. The van der Waals surface area contributed by atoms with Crippen LogP contribution in [0.2, 0.25) is 0 Å². The van der Waals surface area contributed by atoms with Gasteiger partial charge < -0.3 is 17.2 Å². The van der Waals surface area contributed by atoms with Crippen molar-refractivity contribution in [2.24, 2.45) is 22.2 Å². The summed E-state index contributed by atoms with van der Waals surface area (Å²) in [5.41, 5.74) is 17.7. The average molecular weight is 239 g/mol. The molecule has 0 spiro atoms. The minimum Gasteiger partial charge on any atom is -0.370 e. The van der Waals surface area contributed by atoms with E-state index < -0.39 is 0 Å². The summed E-state index contributed by atoms with van der Waals surface area (Å²) in [4.78, 5) is 8.37. The van der Waals surface area contributed by atoms with E-state index in [9.17, 15) is 0 Å². The average Bonchev–Trinajstić information content (AvgIpc) is 2.65. The third-order valence-corrected chi connectivity index (χ3v) is 3.62. The van der Waals surface area contributed by atoms with Crippen molar-refractivity contribution >= 4 is 22.4 Å². The number of hydrogen-bond acceptors (Lipinski definition) is 4. The first kappa shape index (κ1) is 11.3. The molecule has 88 valence electrons. The number of aliphatic imine (C=N–C) groups is 1. The molecule has 1 aromatic rings. The molecule has 0 amide bonds. The molecule has 1 heterocycles. The predicted octanol–water partition coefficient (Wildman–Crippen LogP) is 1.03. The van der Waals surface area contributed by atoms with E-state index >= 15 is 0 Å². The Balaban J connectivity index is 2.09. The second kappa shape index (κ2) is 4.80. The molecule has 1 saturated carbocycles. The lowest BCUT2D eigenvalue weighted by Crippen LogP contribution is -2.26. The molecule has 0 aromatic carbocycles. The maximum absolute atomic E-state index is 5.96. The SMILES string of the molecule is NC(N)=Nc1nc(C2CCCC(N)C2)cs1. The van der Waals surface area contributed by atoms with Crippen LogP contribution in [0.25, 0.3) is 0 Å². The number of thiazole rings is 1. The van der Waals surface area contributed by atoms with E-state index in [1.165, 1.54) is 24.2 Å². The topological polar surface area (TPSA) is 103 Å². The van der Waals surface area contributed by atoms with Crippen LogP contribution in [0.1, 0.15) is 37.3 Å². The first-order valence-electron chi connectivity index (χ1n) is 5.46. The van der Waals surface area contributed by atoms with Crippen LogP contribution in [-0.4, -0.2) is 17.0 Å². The summed E-state index contributed by atoms with van der Waals surface area (Å²) in [6, 6.07) is 0.312. The normalized spacial score (nSPS) is 25.3. The molecular weight excluding hydrogens is 222 g/mol. The fraction of sp³-hybridized carbons (Fsp3) is 0.600. The van der Waals surface area contributed by atoms with E-state index in [4.69, 9.17) is 17.2 Å². The van der Waals surface area contributed by atoms with E-state index in [0.717, 1.165) is 18.5 Å². The smallest absolute Gasteiger partial charge is 0.212 e. The lowest BCUT2D eigenvalue weighted by molar-refractivity contribution is 0.389. The zero-order valence-electron chi connectivity index (χ0n) is 9.10. The van der Waals surface area contributed by atoms with Crippen molar-refractivity contribution in [2.75, 3.05) is 0 Å². The van der Waals surface area contributed by atoms with Crippen molar-refractivity contribution in [1.29, 1.82) is 0 Å². The maximum Gasteiger partial charge on any atom is 0.212 e. The van der Waals surface area contributed by atoms with Gasteiger partial charge in [0.25, 0.3) is 0 Å². The molecule has 1 fully saturated rings. The standard InChI is InChI=1S/C10H17N5S/c11-7-3-1-2-6(4-7)8-5-16-10(14-8)15-9(12)13/h5-7H,1-4,11H2,(H4,12,13,14,15). The van der Waals surface area contributed by atoms with E-state index in [1.54, 1.807) is 0 Å². The molecule has 2 atom stereocenters. The van der Waals surface area contributed by atoms with Crippen molar-refractivity contribution in [1.82, 2.24) is 4.98 Å². The van der Waals surface area contributed by atoms with E-state index in [1.807, 2.05) is 5.38 Å². The fourth-order valence-electron chi connectivity index (χ4n) is 2.12. The van der Waals surface area contributed by atoms with Crippen molar-refractivity contribution < 1.29 is 0 Å². The third-order valence-electron chi connectivity index (χ3n) is 2.87. The molecule has 1 aliphatic carbocycles. The zero-order valence-corrected chi connectivity index (χ0v) is 9.91. The Morgan fingerprint density at radius 3 is 2.94 bits per heavy atom. The van der Waals surface area contributed by atoms with Gasteiger partial charge in [-0.3, -0.25) is 0 Å². The van der Waals surface area contributed by atoms with Crippen molar-refractivity contribution in [3.63, 3.8) is 0 Å². The molecule has 16 heavy (non-hydrogen) atoms. The number of nitrogens with two attached hydrogens (primary N) is 3. The Kier molecular flexibility index (Phi) is 3.40.